The van der Waals surface area contributed by atoms with Gasteiger partial charge in [0, 0.05) is 13.1 Å². The van der Waals surface area contributed by atoms with Gasteiger partial charge in [-0.15, -0.1) is 0 Å². The van der Waals surface area contributed by atoms with Crippen LogP contribution in [0.15, 0.2) is 51.8 Å². The number of nitrogens with one attached hydrogen (secondary N) is 1. The molecule has 1 aromatic carbocycles. The van der Waals surface area contributed by atoms with Crippen molar-refractivity contribution >= 4 is 0 Å². The van der Waals surface area contributed by atoms with Crippen LogP contribution in [0.3, 0.4) is 0 Å². The number of fused-ring (bicyclic) bond motifs is 1. The third-order valence-electron chi connectivity index (χ3n) is 3.61. The number of nitrogens with zero attached hydrogens (tertiary/aromatic N) is 2. The van der Waals surface area contributed by atoms with Crippen LogP contribution in [-0.2, 0) is 6.54 Å². The van der Waals surface area contributed by atoms with Crippen LogP contribution in [0.25, 0.3) is 11.4 Å². The second-order valence-corrected chi connectivity index (χ2v) is 4.85. The van der Waals surface area contributed by atoms with E-state index in [9.17, 15) is 0 Å². The van der Waals surface area contributed by atoms with Gasteiger partial charge in [0.15, 0.2) is 0 Å². The van der Waals surface area contributed by atoms with Gasteiger partial charge in [-0.2, -0.15) is 4.98 Å². The zero-order valence-electron chi connectivity index (χ0n) is 10.7. The first kappa shape index (κ1) is 11.4. The van der Waals surface area contributed by atoms with Gasteiger partial charge in [-0.1, -0.05) is 29.4 Å². The van der Waals surface area contributed by atoms with E-state index >= 15 is 0 Å². The highest BCUT2D eigenvalue weighted by Gasteiger charge is 2.26. The van der Waals surface area contributed by atoms with E-state index in [0.717, 1.165) is 18.7 Å². The fraction of sp³-hybridized carbons (Fsp3) is 0.200. The smallest absolute Gasteiger partial charge is 0.235 e. The summed E-state index contributed by atoms with van der Waals surface area (Å²) in [5.74, 6) is 1.31. The minimum absolute atomic E-state index is 0.105. The summed E-state index contributed by atoms with van der Waals surface area (Å²) >= 11 is 0. The summed E-state index contributed by atoms with van der Waals surface area (Å²) in [5, 5.41) is 7.42. The highest BCUT2D eigenvalue weighted by molar-refractivity contribution is 5.51. The third-order valence-corrected chi connectivity index (χ3v) is 3.61. The molecule has 0 bridgehead atoms. The van der Waals surface area contributed by atoms with E-state index in [4.69, 9.17) is 8.94 Å². The Kier molecular flexibility index (Phi) is 2.63. The molecule has 4 rings (SSSR count). The fourth-order valence-electron chi connectivity index (χ4n) is 2.60. The molecule has 0 spiro atoms. The second-order valence-electron chi connectivity index (χ2n) is 4.85. The predicted molar refractivity (Wildman–Crippen MR) is 72.0 cm³/mol. The van der Waals surface area contributed by atoms with Crippen molar-refractivity contribution in [1.29, 1.82) is 0 Å². The zero-order chi connectivity index (χ0) is 13.4. The molecule has 0 amide bonds. The van der Waals surface area contributed by atoms with Crippen molar-refractivity contribution in [3.8, 4) is 11.4 Å². The van der Waals surface area contributed by atoms with Crippen molar-refractivity contribution in [2.45, 2.75) is 12.5 Å². The molecule has 3 aromatic rings. The standard InChI is InChI=1S/C15H13N3O2/c1-2-4-12-10(3-1)7-16-8-13(12)15-17-14(18-20-15)11-5-6-19-9-11/h1-6,9,13,16H,7-8H2. The van der Waals surface area contributed by atoms with Crippen LogP contribution in [0, 0.1) is 0 Å². The molecule has 20 heavy (non-hydrogen) atoms. The largest absolute Gasteiger partial charge is 0.472 e. The van der Waals surface area contributed by atoms with E-state index in [0.29, 0.717) is 11.7 Å². The van der Waals surface area contributed by atoms with Gasteiger partial charge in [-0.3, -0.25) is 0 Å². The topological polar surface area (TPSA) is 64.1 Å². The van der Waals surface area contributed by atoms with Crippen molar-refractivity contribution in [3.05, 3.63) is 59.9 Å². The number of benzene rings is 1. The highest BCUT2D eigenvalue weighted by Crippen LogP contribution is 2.30. The SMILES string of the molecule is c1ccc2c(c1)CNCC2c1nc(-c2ccoc2)no1. The molecular formula is C15H13N3O2. The Morgan fingerprint density at radius 1 is 1.20 bits per heavy atom. The van der Waals surface area contributed by atoms with E-state index in [2.05, 4.69) is 27.6 Å². The normalized spacial score (nSPS) is 17.9. The van der Waals surface area contributed by atoms with Crippen molar-refractivity contribution in [1.82, 2.24) is 15.5 Å². The van der Waals surface area contributed by atoms with Crippen LogP contribution < -0.4 is 5.32 Å². The molecule has 1 aliphatic heterocycles. The van der Waals surface area contributed by atoms with Gasteiger partial charge >= 0.3 is 0 Å². The Morgan fingerprint density at radius 2 is 2.15 bits per heavy atom. The van der Waals surface area contributed by atoms with Gasteiger partial charge in [0.05, 0.1) is 17.7 Å². The minimum Gasteiger partial charge on any atom is -0.472 e. The maximum Gasteiger partial charge on any atom is 0.235 e. The Labute approximate surface area is 115 Å². The summed E-state index contributed by atoms with van der Waals surface area (Å²) < 4.78 is 10.5. The van der Waals surface area contributed by atoms with Crippen molar-refractivity contribution < 1.29 is 8.94 Å². The van der Waals surface area contributed by atoms with Crippen molar-refractivity contribution in [2.75, 3.05) is 6.54 Å². The van der Waals surface area contributed by atoms with Crippen LogP contribution in [0.4, 0.5) is 0 Å². The van der Waals surface area contributed by atoms with Gasteiger partial charge in [-0.05, 0) is 17.2 Å². The minimum atomic E-state index is 0.105. The third kappa shape index (κ3) is 1.83. The lowest BCUT2D eigenvalue weighted by molar-refractivity contribution is 0.356. The Hall–Kier alpha value is -2.40. The average molecular weight is 267 g/mol. The summed E-state index contributed by atoms with van der Waals surface area (Å²) in [7, 11) is 0. The maximum atomic E-state index is 5.44. The molecule has 1 aliphatic rings. The van der Waals surface area contributed by atoms with Crippen LogP contribution in [-0.4, -0.2) is 16.7 Å². The quantitative estimate of drug-likeness (QED) is 0.773. The van der Waals surface area contributed by atoms with Gasteiger partial charge in [0.2, 0.25) is 11.7 Å². The van der Waals surface area contributed by atoms with Crippen LogP contribution in [0.5, 0.6) is 0 Å². The molecule has 1 N–H and O–H groups in total. The molecule has 0 saturated heterocycles. The van der Waals surface area contributed by atoms with E-state index in [1.165, 1.54) is 11.1 Å². The van der Waals surface area contributed by atoms with E-state index < -0.39 is 0 Å². The van der Waals surface area contributed by atoms with Gasteiger partial charge in [-0.25, -0.2) is 0 Å². The summed E-state index contributed by atoms with van der Waals surface area (Å²) in [6, 6.07) is 10.2. The molecule has 0 aliphatic carbocycles. The Bertz CT molecular complexity index is 718. The van der Waals surface area contributed by atoms with Crippen molar-refractivity contribution in [3.63, 3.8) is 0 Å². The molecule has 0 radical (unpaired) electrons. The number of hydrogen-bond acceptors (Lipinski definition) is 5. The lowest BCUT2D eigenvalue weighted by atomic mass is 9.91. The van der Waals surface area contributed by atoms with E-state index in [1.807, 2.05) is 18.2 Å². The number of hydrogen-bond donors (Lipinski definition) is 1. The monoisotopic (exact) mass is 267 g/mol. The van der Waals surface area contributed by atoms with Gasteiger partial charge < -0.3 is 14.3 Å². The molecule has 0 fully saturated rings. The molecule has 1 unspecified atom stereocenters. The Morgan fingerprint density at radius 3 is 3.05 bits per heavy atom. The Balaban J connectivity index is 1.72. The summed E-state index contributed by atoms with van der Waals surface area (Å²) in [4.78, 5) is 4.50. The lowest BCUT2D eigenvalue weighted by Gasteiger charge is -2.23. The van der Waals surface area contributed by atoms with Gasteiger partial charge in [0.1, 0.15) is 6.26 Å². The van der Waals surface area contributed by atoms with E-state index in [1.54, 1.807) is 12.5 Å². The molecular weight excluding hydrogens is 254 g/mol. The summed E-state index contributed by atoms with van der Waals surface area (Å²) in [6.45, 7) is 1.69. The molecule has 5 nitrogen and oxygen atoms in total. The molecule has 5 heteroatoms. The molecule has 0 saturated carbocycles. The summed E-state index contributed by atoms with van der Waals surface area (Å²) in [6.07, 6.45) is 3.21. The molecule has 1 atom stereocenters. The highest BCUT2D eigenvalue weighted by atomic mass is 16.5. The average Bonchev–Trinajstić information content (AvgIpc) is 3.17. The fourth-order valence-corrected chi connectivity index (χ4v) is 2.60. The van der Waals surface area contributed by atoms with Crippen LogP contribution >= 0.6 is 0 Å². The first-order valence-electron chi connectivity index (χ1n) is 6.56. The summed E-state index contributed by atoms with van der Waals surface area (Å²) in [5.41, 5.74) is 3.37. The number of rotatable bonds is 2. The maximum absolute atomic E-state index is 5.44. The first-order valence-corrected chi connectivity index (χ1v) is 6.56. The van der Waals surface area contributed by atoms with Crippen molar-refractivity contribution in [2.24, 2.45) is 0 Å². The molecule has 100 valence electrons. The number of furan rings is 1. The predicted octanol–water partition coefficient (Wildman–Crippen LogP) is 2.56. The molecule has 2 aromatic heterocycles. The zero-order valence-corrected chi connectivity index (χ0v) is 10.7. The first-order chi connectivity index (χ1) is 9.92. The molecule has 3 heterocycles. The second kappa shape index (κ2) is 4.61. The number of aromatic nitrogens is 2. The van der Waals surface area contributed by atoms with Crippen LogP contribution in [0.1, 0.15) is 22.9 Å². The lowest BCUT2D eigenvalue weighted by Crippen LogP contribution is -2.28. The van der Waals surface area contributed by atoms with E-state index in [-0.39, 0.29) is 5.92 Å². The van der Waals surface area contributed by atoms with Crippen LogP contribution in [0.2, 0.25) is 0 Å². The van der Waals surface area contributed by atoms with Gasteiger partial charge in [0.25, 0.3) is 0 Å².